The summed E-state index contributed by atoms with van der Waals surface area (Å²) in [5.41, 5.74) is 0. The molecule has 0 spiro atoms. The van der Waals surface area contributed by atoms with Crippen molar-refractivity contribution in [2.45, 2.75) is 6.10 Å². The maximum absolute atomic E-state index is 9.19. The lowest BCUT2D eigenvalue weighted by Crippen LogP contribution is -1.98. The predicted octanol–water partition coefficient (Wildman–Crippen LogP) is 1.83. The van der Waals surface area contributed by atoms with Gasteiger partial charge in [0.15, 0.2) is 0 Å². The summed E-state index contributed by atoms with van der Waals surface area (Å²) in [6, 6.07) is 0. The number of aliphatic hydroxyl groups is 1. The molecule has 11 heavy (non-hydrogen) atoms. The summed E-state index contributed by atoms with van der Waals surface area (Å²) in [6.45, 7) is 3.67. The van der Waals surface area contributed by atoms with Crippen LogP contribution in [0.1, 0.15) is 0 Å². The van der Waals surface area contributed by atoms with E-state index in [0.717, 1.165) is 0 Å². The minimum atomic E-state index is -0.456. The fourth-order valence-electron chi connectivity index (χ4n) is 0.898. The van der Waals surface area contributed by atoms with Crippen molar-refractivity contribution in [3.63, 3.8) is 0 Å². The Hall–Kier alpha value is -1.08. The third kappa shape index (κ3) is 2.56. The molecule has 0 bridgehead atoms. The van der Waals surface area contributed by atoms with Gasteiger partial charge in [-0.2, -0.15) is 0 Å². The van der Waals surface area contributed by atoms with Gasteiger partial charge in [-0.05, 0) is 0 Å². The molecule has 2 atom stereocenters. The van der Waals surface area contributed by atoms with Crippen molar-refractivity contribution in [3.8, 4) is 0 Å². The maximum Gasteiger partial charge on any atom is 0.0905 e. The SMILES string of the molecule is C=CC1/C=C\C=C/C(O)/C=C\1. The Labute approximate surface area is 67.1 Å². The summed E-state index contributed by atoms with van der Waals surface area (Å²) in [7, 11) is 0. The third-order valence-corrected chi connectivity index (χ3v) is 1.56. The van der Waals surface area contributed by atoms with E-state index in [0.29, 0.717) is 0 Å². The zero-order valence-electron chi connectivity index (χ0n) is 6.35. The van der Waals surface area contributed by atoms with E-state index in [2.05, 4.69) is 6.58 Å². The van der Waals surface area contributed by atoms with Gasteiger partial charge in [0.05, 0.1) is 6.10 Å². The molecule has 0 fully saturated rings. The highest BCUT2D eigenvalue weighted by molar-refractivity contribution is 5.19. The van der Waals surface area contributed by atoms with Gasteiger partial charge in [-0.1, -0.05) is 42.5 Å². The molecule has 0 aromatic rings. The van der Waals surface area contributed by atoms with Crippen molar-refractivity contribution in [3.05, 3.63) is 49.1 Å². The number of hydrogen-bond acceptors (Lipinski definition) is 1. The highest BCUT2D eigenvalue weighted by atomic mass is 16.3. The van der Waals surface area contributed by atoms with E-state index in [1.165, 1.54) is 0 Å². The lowest BCUT2D eigenvalue weighted by atomic mass is 10.1. The summed E-state index contributed by atoms with van der Waals surface area (Å²) < 4.78 is 0. The zero-order chi connectivity index (χ0) is 8.10. The molecular weight excluding hydrogens is 136 g/mol. The van der Waals surface area contributed by atoms with Crippen LogP contribution in [-0.4, -0.2) is 11.2 Å². The maximum atomic E-state index is 9.19. The highest BCUT2D eigenvalue weighted by Gasteiger charge is 1.96. The van der Waals surface area contributed by atoms with Gasteiger partial charge < -0.3 is 5.11 Å². The van der Waals surface area contributed by atoms with Crippen molar-refractivity contribution >= 4 is 0 Å². The number of rotatable bonds is 1. The Morgan fingerprint density at radius 2 is 1.82 bits per heavy atom. The van der Waals surface area contributed by atoms with Crippen LogP contribution in [0.15, 0.2) is 49.1 Å². The summed E-state index contributed by atoms with van der Waals surface area (Å²) in [4.78, 5) is 0. The Morgan fingerprint density at radius 3 is 2.55 bits per heavy atom. The van der Waals surface area contributed by atoms with Crippen LogP contribution in [0.4, 0.5) is 0 Å². The number of aliphatic hydroxyl groups excluding tert-OH is 1. The van der Waals surface area contributed by atoms with Gasteiger partial charge >= 0.3 is 0 Å². The average Bonchev–Trinajstić information content (AvgIpc) is 1.98. The lowest BCUT2D eigenvalue weighted by molar-refractivity contribution is 0.271. The summed E-state index contributed by atoms with van der Waals surface area (Å²) in [6.07, 6.45) is 12.6. The first-order valence-electron chi connectivity index (χ1n) is 3.67. The minimum absolute atomic E-state index is 0.245. The first-order valence-corrected chi connectivity index (χ1v) is 3.67. The molecule has 0 aromatic carbocycles. The van der Waals surface area contributed by atoms with E-state index in [1.54, 1.807) is 12.2 Å². The standard InChI is InChI=1S/C10H12O/c1-2-9-5-3-4-6-10(11)8-7-9/h2-11H,1H2/b5-3-,6-4-,8-7-. The third-order valence-electron chi connectivity index (χ3n) is 1.56. The molecule has 1 rings (SSSR count). The molecule has 1 aliphatic rings. The second-order valence-corrected chi connectivity index (χ2v) is 2.46. The van der Waals surface area contributed by atoms with Crippen molar-refractivity contribution < 1.29 is 5.11 Å². The monoisotopic (exact) mass is 148 g/mol. The van der Waals surface area contributed by atoms with E-state index >= 15 is 0 Å². The Balaban J connectivity index is 2.75. The van der Waals surface area contributed by atoms with Gasteiger partial charge in [-0.25, -0.2) is 0 Å². The summed E-state index contributed by atoms with van der Waals surface area (Å²) in [5, 5.41) is 9.19. The first kappa shape index (κ1) is 8.02. The van der Waals surface area contributed by atoms with Crippen LogP contribution >= 0.6 is 0 Å². The number of allylic oxidation sites excluding steroid dienone is 5. The summed E-state index contributed by atoms with van der Waals surface area (Å²) in [5.74, 6) is 0.245. The molecule has 0 heterocycles. The van der Waals surface area contributed by atoms with Crippen LogP contribution in [0.5, 0.6) is 0 Å². The molecule has 1 N–H and O–H groups in total. The molecule has 0 radical (unpaired) electrons. The number of hydrogen-bond donors (Lipinski definition) is 1. The fourth-order valence-corrected chi connectivity index (χ4v) is 0.898. The Morgan fingerprint density at radius 1 is 1.09 bits per heavy atom. The molecule has 58 valence electrons. The molecule has 1 heteroatoms. The van der Waals surface area contributed by atoms with E-state index in [1.807, 2.05) is 30.4 Å². The molecular formula is C10H12O. The van der Waals surface area contributed by atoms with Crippen molar-refractivity contribution in [1.29, 1.82) is 0 Å². The second-order valence-electron chi connectivity index (χ2n) is 2.46. The molecule has 0 amide bonds. The quantitative estimate of drug-likeness (QED) is 0.562. The largest absolute Gasteiger partial charge is 0.385 e. The van der Waals surface area contributed by atoms with Crippen LogP contribution < -0.4 is 0 Å². The molecule has 0 aromatic heterocycles. The van der Waals surface area contributed by atoms with Crippen molar-refractivity contribution in [1.82, 2.24) is 0 Å². The molecule has 1 nitrogen and oxygen atoms in total. The van der Waals surface area contributed by atoms with Crippen LogP contribution in [0, 0.1) is 5.92 Å². The molecule has 0 aliphatic heterocycles. The molecule has 0 saturated carbocycles. The van der Waals surface area contributed by atoms with Gasteiger partial charge in [0.25, 0.3) is 0 Å². The van der Waals surface area contributed by atoms with E-state index in [-0.39, 0.29) is 5.92 Å². The average molecular weight is 148 g/mol. The normalized spacial score (nSPS) is 38.3. The van der Waals surface area contributed by atoms with Crippen LogP contribution in [-0.2, 0) is 0 Å². The van der Waals surface area contributed by atoms with Crippen molar-refractivity contribution in [2.24, 2.45) is 5.92 Å². The van der Waals surface area contributed by atoms with Crippen LogP contribution in [0.25, 0.3) is 0 Å². The van der Waals surface area contributed by atoms with Crippen LogP contribution in [0.3, 0.4) is 0 Å². The van der Waals surface area contributed by atoms with Crippen molar-refractivity contribution in [2.75, 3.05) is 0 Å². The topological polar surface area (TPSA) is 20.2 Å². The second kappa shape index (κ2) is 3.94. The van der Waals surface area contributed by atoms with Gasteiger partial charge in [0, 0.05) is 5.92 Å². The van der Waals surface area contributed by atoms with Gasteiger partial charge in [0.1, 0.15) is 0 Å². The minimum Gasteiger partial charge on any atom is -0.385 e. The van der Waals surface area contributed by atoms with E-state index in [4.69, 9.17) is 0 Å². The van der Waals surface area contributed by atoms with Crippen LogP contribution in [0.2, 0.25) is 0 Å². The van der Waals surface area contributed by atoms with E-state index < -0.39 is 6.10 Å². The first-order chi connectivity index (χ1) is 5.33. The molecule has 0 saturated heterocycles. The predicted molar refractivity (Wildman–Crippen MR) is 47.1 cm³/mol. The molecule has 2 unspecified atom stereocenters. The van der Waals surface area contributed by atoms with E-state index in [9.17, 15) is 5.11 Å². The lowest BCUT2D eigenvalue weighted by Gasteiger charge is -2.03. The highest BCUT2D eigenvalue weighted by Crippen LogP contribution is 2.06. The van der Waals surface area contributed by atoms with Gasteiger partial charge in [-0.15, -0.1) is 6.58 Å². The zero-order valence-corrected chi connectivity index (χ0v) is 6.35. The Bertz CT molecular complexity index is 211. The molecule has 1 aliphatic carbocycles. The fraction of sp³-hybridized carbons (Fsp3) is 0.200. The Kier molecular flexibility index (Phi) is 2.87. The smallest absolute Gasteiger partial charge is 0.0905 e. The van der Waals surface area contributed by atoms with Gasteiger partial charge in [0.2, 0.25) is 0 Å². The van der Waals surface area contributed by atoms with Gasteiger partial charge in [-0.3, -0.25) is 0 Å². The summed E-state index contributed by atoms with van der Waals surface area (Å²) >= 11 is 0.